The minimum Gasteiger partial charge on any atom is -0.453 e. The number of carbonyl (C=O) groups is 4. The van der Waals surface area contributed by atoms with Crippen molar-refractivity contribution in [2.75, 3.05) is 30.8 Å². The smallest absolute Gasteiger partial charge is 0.412 e. The monoisotopic (exact) mass is 568 g/mol. The molecule has 40 heavy (non-hydrogen) atoms. The van der Waals surface area contributed by atoms with E-state index in [-0.39, 0.29) is 18.4 Å². The van der Waals surface area contributed by atoms with Crippen molar-refractivity contribution in [1.29, 1.82) is 0 Å². The molecule has 1 spiro atoms. The van der Waals surface area contributed by atoms with E-state index in [2.05, 4.69) is 20.7 Å². The molecule has 0 radical (unpaired) electrons. The zero-order chi connectivity index (χ0) is 28.3. The number of rotatable bonds is 6. The molecule has 1 saturated carbocycles. The van der Waals surface area contributed by atoms with E-state index in [9.17, 15) is 19.2 Å². The van der Waals surface area contributed by atoms with E-state index >= 15 is 0 Å². The molecular weight excluding hydrogens is 536 g/mol. The number of amides is 4. The number of likely N-dealkylation sites (tertiary alicyclic amines) is 1. The highest BCUT2D eigenvalue weighted by molar-refractivity contribution is 6.30. The molecule has 2 aromatic carbocycles. The molecule has 1 saturated heterocycles. The van der Waals surface area contributed by atoms with Gasteiger partial charge in [-0.2, -0.15) is 0 Å². The molecule has 2 aromatic rings. The first-order valence-corrected chi connectivity index (χ1v) is 14.0. The topological polar surface area (TPSA) is 126 Å². The van der Waals surface area contributed by atoms with Crippen LogP contribution in [0.25, 0.3) is 0 Å². The predicted molar refractivity (Wildman–Crippen MR) is 149 cm³/mol. The number of hydrogen-bond donors (Lipinski definition) is 3. The van der Waals surface area contributed by atoms with Gasteiger partial charge in [0.25, 0.3) is 5.91 Å². The molecule has 2 heterocycles. The molecule has 11 heteroatoms. The number of carbonyl (C=O) groups excluding carboxylic acids is 4. The van der Waals surface area contributed by atoms with E-state index in [1.165, 1.54) is 13.5 Å². The highest BCUT2D eigenvalue weighted by Crippen LogP contribution is 2.44. The van der Waals surface area contributed by atoms with Crippen LogP contribution in [0.3, 0.4) is 0 Å². The molecule has 2 atom stereocenters. The zero-order valence-corrected chi connectivity index (χ0v) is 23.1. The number of hydrogen-bond acceptors (Lipinski definition) is 6. The lowest BCUT2D eigenvalue weighted by Crippen LogP contribution is -2.50. The molecule has 0 bridgehead atoms. The minimum absolute atomic E-state index is 0.178. The van der Waals surface area contributed by atoms with Gasteiger partial charge in [-0.1, -0.05) is 43.7 Å². The Morgan fingerprint density at radius 2 is 1.90 bits per heavy atom. The van der Waals surface area contributed by atoms with Gasteiger partial charge in [0.1, 0.15) is 6.04 Å². The number of fused-ring (bicyclic) bond motifs is 2. The lowest BCUT2D eigenvalue weighted by Gasteiger charge is -2.36. The molecule has 4 amide bonds. The summed E-state index contributed by atoms with van der Waals surface area (Å²) in [5.74, 6) is -0.238. The van der Waals surface area contributed by atoms with Gasteiger partial charge < -0.3 is 19.7 Å². The molecule has 2 aliphatic heterocycles. The second-order valence-corrected chi connectivity index (χ2v) is 11.1. The van der Waals surface area contributed by atoms with Crippen LogP contribution in [-0.4, -0.2) is 55.1 Å². The Bertz CT molecular complexity index is 1300. The Kier molecular flexibility index (Phi) is 8.16. The highest BCUT2D eigenvalue weighted by Gasteiger charge is 2.49. The van der Waals surface area contributed by atoms with Crippen LogP contribution in [0.5, 0.6) is 0 Å². The van der Waals surface area contributed by atoms with Gasteiger partial charge in [-0.25, -0.2) is 9.59 Å². The molecule has 3 aliphatic rings. The van der Waals surface area contributed by atoms with Crippen LogP contribution < -0.4 is 16.0 Å². The average Bonchev–Trinajstić information content (AvgIpc) is 3.37. The number of benzene rings is 2. The van der Waals surface area contributed by atoms with Gasteiger partial charge in [0.2, 0.25) is 5.91 Å². The summed E-state index contributed by atoms with van der Waals surface area (Å²) in [5.41, 5.74) is 1.21. The number of nitrogens with zero attached hydrogens (tertiary/aromatic N) is 1. The van der Waals surface area contributed by atoms with Gasteiger partial charge >= 0.3 is 12.2 Å². The summed E-state index contributed by atoms with van der Waals surface area (Å²) in [6.45, 7) is 0.556. The van der Waals surface area contributed by atoms with Crippen molar-refractivity contribution >= 4 is 47.0 Å². The van der Waals surface area contributed by atoms with E-state index < -0.39 is 23.8 Å². The third-order valence-electron chi connectivity index (χ3n) is 8.02. The minimum atomic E-state index is -1.000. The molecule has 212 valence electrons. The fourth-order valence-electron chi connectivity index (χ4n) is 5.96. The van der Waals surface area contributed by atoms with Crippen LogP contribution in [0.4, 0.5) is 21.0 Å². The van der Waals surface area contributed by atoms with Crippen molar-refractivity contribution in [2.24, 2.45) is 5.92 Å². The van der Waals surface area contributed by atoms with Gasteiger partial charge in [-0.3, -0.25) is 20.2 Å². The Morgan fingerprint density at radius 3 is 2.62 bits per heavy atom. The number of ether oxygens (including phenoxy) is 2. The summed E-state index contributed by atoms with van der Waals surface area (Å²) >= 11 is 6.27. The van der Waals surface area contributed by atoms with Gasteiger partial charge in [0, 0.05) is 34.8 Å². The second-order valence-electron chi connectivity index (χ2n) is 10.7. The van der Waals surface area contributed by atoms with Crippen molar-refractivity contribution < 1.29 is 28.7 Å². The third-order valence-corrected chi connectivity index (χ3v) is 8.25. The number of anilines is 2. The number of methoxy groups -OCH3 is 1. The van der Waals surface area contributed by atoms with E-state index in [1.807, 2.05) is 0 Å². The largest absolute Gasteiger partial charge is 0.453 e. The summed E-state index contributed by atoms with van der Waals surface area (Å²) < 4.78 is 10.4. The molecule has 10 nitrogen and oxygen atoms in total. The van der Waals surface area contributed by atoms with Gasteiger partial charge in [0.05, 0.1) is 19.3 Å². The fraction of sp³-hybridized carbons (Fsp3) is 0.448. The molecule has 3 N–H and O–H groups in total. The first-order chi connectivity index (χ1) is 19.3. The summed E-state index contributed by atoms with van der Waals surface area (Å²) in [4.78, 5) is 52.7. The lowest BCUT2D eigenvalue weighted by atomic mass is 9.84. The lowest BCUT2D eigenvalue weighted by molar-refractivity contribution is -0.133. The van der Waals surface area contributed by atoms with Crippen LogP contribution in [0, 0.1) is 5.92 Å². The molecular formula is C29H33ClN4O6. The Hall–Kier alpha value is -3.79. The molecule has 1 aliphatic carbocycles. The maximum absolute atomic E-state index is 13.9. The zero-order valence-electron chi connectivity index (χ0n) is 22.3. The van der Waals surface area contributed by atoms with Gasteiger partial charge in [-0.05, 0) is 54.8 Å². The first kappa shape index (κ1) is 27.8. The molecule has 2 fully saturated rings. The van der Waals surface area contributed by atoms with Crippen molar-refractivity contribution in [2.45, 2.75) is 56.6 Å². The SMILES string of the molecule is COC(=O)Nc1ccc(C(=O)N[C@@H](CC2CCCCC2)C(=O)N2CCC3(C2)OC(=O)Nc2ccc(Cl)cc23)cc1. The van der Waals surface area contributed by atoms with Gasteiger partial charge in [0.15, 0.2) is 5.60 Å². The normalized spacial score (nSPS) is 21.1. The predicted octanol–water partition coefficient (Wildman–Crippen LogP) is 5.28. The van der Waals surface area contributed by atoms with Crippen molar-refractivity contribution in [3.63, 3.8) is 0 Å². The maximum atomic E-state index is 13.9. The van der Waals surface area contributed by atoms with Crippen LogP contribution in [0.15, 0.2) is 42.5 Å². The van der Waals surface area contributed by atoms with Crippen molar-refractivity contribution in [1.82, 2.24) is 10.2 Å². The Morgan fingerprint density at radius 1 is 1.15 bits per heavy atom. The van der Waals surface area contributed by atoms with E-state index in [0.717, 1.165) is 31.2 Å². The third kappa shape index (κ3) is 6.01. The number of halogens is 1. The van der Waals surface area contributed by atoms with Crippen LogP contribution in [0.2, 0.25) is 5.02 Å². The summed E-state index contributed by atoms with van der Waals surface area (Å²) in [7, 11) is 1.27. The van der Waals surface area contributed by atoms with Crippen LogP contribution >= 0.6 is 11.6 Å². The fourth-order valence-corrected chi connectivity index (χ4v) is 6.13. The van der Waals surface area contributed by atoms with Crippen molar-refractivity contribution in [3.8, 4) is 0 Å². The summed E-state index contributed by atoms with van der Waals surface area (Å²) in [6, 6.07) is 10.9. The first-order valence-electron chi connectivity index (χ1n) is 13.6. The van der Waals surface area contributed by atoms with Crippen LogP contribution in [0.1, 0.15) is 60.9 Å². The molecule has 0 aromatic heterocycles. The Labute approximate surface area is 237 Å². The van der Waals surface area contributed by atoms with Crippen LogP contribution in [-0.2, 0) is 19.9 Å². The van der Waals surface area contributed by atoms with Gasteiger partial charge in [-0.15, -0.1) is 0 Å². The van der Waals surface area contributed by atoms with Crippen molar-refractivity contribution in [3.05, 3.63) is 58.6 Å². The molecule has 5 rings (SSSR count). The van der Waals surface area contributed by atoms with E-state index in [0.29, 0.717) is 47.3 Å². The van der Waals surface area contributed by atoms with E-state index in [4.69, 9.17) is 16.3 Å². The standard InChI is InChI=1S/C29H33ClN4O6/c1-39-27(37)31-21-10-7-19(8-11-21)25(35)32-24(15-18-5-3-2-4-6-18)26(36)34-14-13-29(17-34)22-16-20(30)9-12-23(22)33-28(38)40-29/h7-12,16,18,24H,2-6,13-15,17H2,1H3,(H,31,37)(H,32,35)(H,33,38)/t24-,29?/m0/s1. The van der Waals surface area contributed by atoms with E-state index in [1.54, 1.807) is 47.4 Å². The molecule has 1 unspecified atom stereocenters. The number of nitrogens with one attached hydrogen (secondary N) is 3. The summed E-state index contributed by atoms with van der Waals surface area (Å²) in [5, 5.41) is 8.74. The second kappa shape index (κ2) is 11.8. The quantitative estimate of drug-likeness (QED) is 0.435. The Balaban J connectivity index is 1.33. The summed E-state index contributed by atoms with van der Waals surface area (Å²) in [6.07, 6.45) is 5.24. The average molecular weight is 569 g/mol. The maximum Gasteiger partial charge on any atom is 0.412 e. The highest BCUT2D eigenvalue weighted by atomic mass is 35.5.